The Balaban J connectivity index is 0.000000896. The predicted octanol–water partition coefficient (Wildman–Crippen LogP) is 0.500. The van der Waals surface area contributed by atoms with Gasteiger partial charge in [0, 0.05) is 6.54 Å². The monoisotopic (exact) mass is 369 g/mol. The standard InChI is InChI=1S/C15H18FNO3.C2H2O4/c1-4-15(2,3)17-9-11(18)10-20-14(19)12-7-5-6-8-13(12)16;3-1(4)2(5)6/h1,5-8,11,17-18H,9-10H2,2-3H3;(H,3,4)(H,5,6). The highest BCUT2D eigenvalue weighted by Crippen LogP contribution is 2.08. The van der Waals surface area contributed by atoms with Crippen LogP contribution in [-0.4, -0.2) is 58.0 Å². The third-order valence-corrected chi connectivity index (χ3v) is 2.82. The van der Waals surface area contributed by atoms with Gasteiger partial charge in [-0.2, -0.15) is 0 Å². The lowest BCUT2D eigenvalue weighted by atomic mass is 10.1. The maximum atomic E-state index is 13.3. The van der Waals surface area contributed by atoms with Gasteiger partial charge >= 0.3 is 17.9 Å². The van der Waals surface area contributed by atoms with Gasteiger partial charge in [0.2, 0.25) is 0 Å². The molecule has 0 fully saturated rings. The van der Waals surface area contributed by atoms with Crippen LogP contribution in [0.25, 0.3) is 0 Å². The number of aliphatic carboxylic acids is 2. The highest BCUT2D eigenvalue weighted by atomic mass is 19.1. The van der Waals surface area contributed by atoms with Gasteiger partial charge in [0.25, 0.3) is 0 Å². The highest BCUT2D eigenvalue weighted by molar-refractivity contribution is 6.27. The second kappa shape index (κ2) is 10.8. The molecule has 0 amide bonds. The van der Waals surface area contributed by atoms with E-state index < -0.39 is 35.4 Å². The van der Waals surface area contributed by atoms with Crippen LogP contribution in [0.1, 0.15) is 24.2 Å². The molecule has 1 unspecified atom stereocenters. The van der Waals surface area contributed by atoms with E-state index in [4.69, 9.17) is 31.0 Å². The molecule has 0 saturated carbocycles. The van der Waals surface area contributed by atoms with Gasteiger partial charge in [-0.05, 0) is 26.0 Å². The SMILES string of the molecule is C#CC(C)(C)NCC(O)COC(=O)c1ccccc1F.O=C(O)C(=O)O. The number of halogens is 1. The topological polar surface area (TPSA) is 133 Å². The summed E-state index contributed by atoms with van der Waals surface area (Å²) in [5, 5.41) is 27.4. The summed E-state index contributed by atoms with van der Waals surface area (Å²) < 4.78 is 18.2. The quantitative estimate of drug-likeness (QED) is 0.324. The number of hydrogen-bond donors (Lipinski definition) is 4. The van der Waals surface area contributed by atoms with Gasteiger partial charge in [-0.3, -0.25) is 5.32 Å². The van der Waals surface area contributed by atoms with Crippen LogP contribution < -0.4 is 5.32 Å². The first-order chi connectivity index (χ1) is 12.0. The highest BCUT2D eigenvalue weighted by Gasteiger charge is 2.17. The first kappa shape index (κ1) is 23.0. The van der Waals surface area contributed by atoms with Crippen molar-refractivity contribution in [3.05, 3.63) is 35.6 Å². The molecule has 1 atom stereocenters. The Morgan fingerprint density at radius 2 is 1.81 bits per heavy atom. The van der Waals surface area contributed by atoms with E-state index in [-0.39, 0.29) is 18.7 Å². The number of carboxylic acid groups (broad SMARTS) is 2. The molecule has 0 radical (unpaired) electrons. The van der Waals surface area contributed by atoms with Crippen molar-refractivity contribution in [3.63, 3.8) is 0 Å². The Labute approximate surface area is 149 Å². The molecule has 26 heavy (non-hydrogen) atoms. The molecule has 0 heterocycles. The number of hydrogen-bond acceptors (Lipinski definition) is 6. The van der Waals surface area contributed by atoms with Crippen LogP contribution in [-0.2, 0) is 14.3 Å². The van der Waals surface area contributed by atoms with Gasteiger partial charge < -0.3 is 20.1 Å². The van der Waals surface area contributed by atoms with Crippen molar-refractivity contribution in [1.82, 2.24) is 5.32 Å². The van der Waals surface area contributed by atoms with Gasteiger partial charge in [-0.15, -0.1) is 6.42 Å². The summed E-state index contributed by atoms with van der Waals surface area (Å²) in [6, 6.07) is 5.51. The number of benzene rings is 1. The first-order valence-corrected chi connectivity index (χ1v) is 7.29. The van der Waals surface area contributed by atoms with E-state index in [9.17, 15) is 14.3 Å². The molecule has 0 aliphatic carbocycles. The van der Waals surface area contributed by atoms with Gasteiger partial charge in [0.15, 0.2) is 0 Å². The molecule has 0 aliphatic rings. The Bertz CT molecular complexity index is 670. The molecule has 1 aromatic carbocycles. The normalized spacial score (nSPS) is 11.3. The molecular weight excluding hydrogens is 349 g/mol. The van der Waals surface area contributed by atoms with E-state index in [0.717, 1.165) is 0 Å². The minimum Gasteiger partial charge on any atom is -0.473 e. The smallest absolute Gasteiger partial charge is 0.414 e. The minimum absolute atomic E-state index is 0.156. The second-order valence-electron chi connectivity index (χ2n) is 5.49. The van der Waals surface area contributed by atoms with E-state index >= 15 is 0 Å². The molecule has 4 N–H and O–H groups in total. The molecular formula is C17H20FNO7. The van der Waals surface area contributed by atoms with Crippen LogP contribution in [0.2, 0.25) is 0 Å². The fourth-order valence-electron chi connectivity index (χ4n) is 1.36. The number of ether oxygens (including phenoxy) is 1. The summed E-state index contributed by atoms with van der Waals surface area (Å²) in [7, 11) is 0. The van der Waals surface area contributed by atoms with Crippen LogP contribution in [0.5, 0.6) is 0 Å². The van der Waals surface area contributed by atoms with Crippen LogP contribution >= 0.6 is 0 Å². The number of terminal acetylenes is 1. The lowest BCUT2D eigenvalue weighted by Gasteiger charge is -2.21. The number of aliphatic hydroxyl groups excluding tert-OH is 1. The first-order valence-electron chi connectivity index (χ1n) is 7.29. The van der Waals surface area contributed by atoms with E-state index in [2.05, 4.69) is 11.2 Å². The summed E-state index contributed by atoms with van der Waals surface area (Å²) in [6.07, 6.45) is 4.37. The molecule has 0 saturated heterocycles. The summed E-state index contributed by atoms with van der Waals surface area (Å²) >= 11 is 0. The number of carboxylic acids is 2. The number of carbonyl (C=O) groups is 3. The molecule has 9 heteroatoms. The molecule has 1 aromatic rings. The lowest BCUT2D eigenvalue weighted by Crippen LogP contribution is -2.43. The molecule has 1 rings (SSSR count). The number of nitrogens with one attached hydrogen (secondary N) is 1. The van der Waals surface area contributed by atoms with Crippen molar-refractivity contribution >= 4 is 17.9 Å². The maximum Gasteiger partial charge on any atom is 0.414 e. The second-order valence-corrected chi connectivity index (χ2v) is 5.49. The maximum absolute atomic E-state index is 13.3. The average Bonchev–Trinajstić information content (AvgIpc) is 2.58. The van der Waals surface area contributed by atoms with Gasteiger partial charge in [0.1, 0.15) is 18.5 Å². The number of aliphatic hydroxyl groups is 1. The van der Waals surface area contributed by atoms with Crippen LogP contribution in [0, 0.1) is 18.2 Å². The number of carbonyl (C=O) groups excluding carboxylic acids is 1. The predicted molar refractivity (Wildman–Crippen MR) is 88.9 cm³/mol. The van der Waals surface area contributed by atoms with Gasteiger partial charge in [-0.1, -0.05) is 18.1 Å². The Kier molecular flexibility index (Phi) is 9.58. The molecule has 0 spiro atoms. The van der Waals surface area contributed by atoms with Crippen LogP contribution in [0.4, 0.5) is 4.39 Å². The van der Waals surface area contributed by atoms with Gasteiger partial charge in [-0.25, -0.2) is 18.8 Å². The number of rotatable bonds is 6. The fraction of sp³-hybridized carbons (Fsp3) is 0.353. The number of β-amino-alcohol motifs (C(OH)–C–C–N with tert-alkyl or cyclic N) is 1. The zero-order valence-electron chi connectivity index (χ0n) is 14.2. The van der Waals surface area contributed by atoms with Crippen molar-refractivity contribution in [2.24, 2.45) is 0 Å². The molecule has 8 nitrogen and oxygen atoms in total. The average molecular weight is 369 g/mol. The largest absolute Gasteiger partial charge is 0.473 e. The summed E-state index contributed by atoms with van der Waals surface area (Å²) in [6.45, 7) is 3.50. The number of esters is 1. The third-order valence-electron chi connectivity index (χ3n) is 2.82. The van der Waals surface area contributed by atoms with E-state index in [1.54, 1.807) is 13.8 Å². The van der Waals surface area contributed by atoms with Gasteiger partial charge in [0.05, 0.1) is 11.1 Å². The minimum atomic E-state index is -1.82. The summed E-state index contributed by atoms with van der Waals surface area (Å²) in [5.41, 5.74) is -0.715. The fourth-order valence-corrected chi connectivity index (χ4v) is 1.36. The van der Waals surface area contributed by atoms with Crippen molar-refractivity contribution in [3.8, 4) is 12.3 Å². The summed E-state index contributed by atoms with van der Waals surface area (Å²) in [4.78, 5) is 29.8. The van der Waals surface area contributed by atoms with Crippen molar-refractivity contribution in [2.75, 3.05) is 13.2 Å². The van der Waals surface area contributed by atoms with Crippen molar-refractivity contribution in [2.45, 2.75) is 25.5 Å². The molecule has 0 aliphatic heterocycles. The summed E-state index contributed by atoms with van der Waals surface area (Å²) in [5.74, 6) is -2.59. The molecule has 0 aromatic heterocycles. The Morgan fingerprint density at radius 1 is 1.27 bits per heavy atom. The molecule has 0 bridgehead atoms. The molecule has 142 valence electrons. The third kappa shape index (κ3) is 9.36. The van der Waals surface area contributed by atoms with E-state index in [1.807, 2.05) is 0 Å². The zero-order chi connectivity index (χ0) is 20.3. The van der Waals surface area contributed by atoms with Crippen molar-refractivity contribution in [1.29, 1.82) is 0 Å². The lowest BCUT2D eigenvalue weighted by molar-refractivity contribution is -0.159. The van der Waals surface area contributed by atoms with Crippen molar-refractivity contribution < 1.29 is 38.8 Å². The van der Waals surface area contributed by atoms with E-state index in [0.29, 0.717) is 0 Å². The Morgan fingerprint density at radius 3 is 2.27 bits per heavy atom. The van der Waals surface area contributed by atoms with Crippen LogP contribution in [0.15, 0.2) is 24.3 Å². The zero-order valence-corrected chi connectivity index (χ0v) is 14.2. The van der Waals surface area contributed by atoms with E-state index in [1.165, 1.54) is 24.3 Å². The van der Waals surface area contributed by atoms with Crippen LogP contribution in [0.3, 0.4) is 0 Å². The Hall–Kier alpha value is -2.96.